The summed E-state index contributed by atoms with van der Waals surface area (Å²) in [6, 6.07) is 30.7. The molecule has 1 fully saturated rings. The highest BCUT2D eigenvalue weighted by molar-refractivity contribution is 6.44. The van der Waals surface area contributed by atoms with Gasteiger partial charge in [-0.1, -0.05) is 78.9 Å². The summed E-state index contributed by atoms with van der Waals surface area (Å²) >= 11 is 0. The maximum absolute atomic E-state index is 13.9. The van der Waals surface area contributed by atoms with Crippen molar-refractivity contribution in [3.05, 3.63) is 114 Å². The molecule has 39 heavy (non-hydrogen) atoms. The van der Waals surface area contributed by atoms with Gasteiger partial charge in [0, 0.05) is 35.2 Å². The minimum absolute atomic E-state index is 0.106. The van der Waals surface area contributed by atoms with Gasteiger partial charge in [0.25, 0.3) is 0 Å². The van der Waals surface area contributed by atoms with E-state index in [0.29, 0.717) is 5.57 Å². The summed E-state index contributed by atoms with van der Waals surface area (Å²) in [5, 5.41) is 3.30. The molecule has 190 valence electrons. The number of para-hydroxylation sites is 1. The number of fused-ring (bicyclic) bond motifs is 4. The smallest absolute Gasteiger partial charge is 0.217 e. The van der Waals surface area contributed by atoms with Gasteiger partial charge in [-0.05, 0) is 36.9 Å². The third kappa shape index (κ3) is 3.15. The molecule has 7 rings (SSSR count). The van der Waals surface area contributed by atoms with Crippen LogP contribution in [0.4, 0.5) is 5.69 Å². The van der Waals surface area contributed by atoms with E-state index in [4.69, 9.17) is 0 Å². The minimum atomic E-state index is -0.795. The molecule has 0 atom stereocenters. The van der Waals surface area contributed by atoms with Gasteiger partial charge in [0.1, 0.15) is 13.0 Å². The van der Waals surface area contributed by atoms with E-state index in [1.807, 2.05) is 80.8 Å². The van der Waals surface area contributed by atoms with Crippen LogP contribution < -0.4 is 0 Å². The molecule has 1 aliphatic carbocycles. The molecule has 0 N–H and O–H groups in total. The molecule has 0 bridgehead atoms. The van der Waals surface area contributed by atoms with Crippen molar-refractivity contribution in [2.45, 2.75) is 25.2 Å². The maximum Gasteiger partial charge on any atom is 0.217 e. The van der Waals surface area contributed by atoms with Gasteiger partial charge >= 0.3 is 0 Å². The number of benzene rings is 4. The van der Waals surface area contributed by atoms with Crippen LogP contribution >= 0.6 is 0 Å². The molecule has 4 aromatic carbocycles. The maximum atomic E-state index is 13.9. The highest BCUT2D eigenvalue weighted by Gasteiger charge is 2.51. The molecule has 1 aliphatic heterocycles. The Hall–Kier alpha value is -4.57. The fourth-order valence-corrected chi connectivity index (χ4v) is 6.75. The minimum Gasteiger partial charge on any atom is -0.343 e. The van der Waals surface area contributed by atoms with E-state index < -0.39 is 5.92 Å². The summed E-state index contributed by atoms with van der Waals surface area (Å²) in [7, 11) is 4.04. The Balaban J connectivity index is 1.36. The van der Waals surface area contributed by atoms with E-state index in [9.17, 15) is 9.59 Å². The lowest BCUT2D eigenvalue weighted by atomic mass is 9.70. The van der Waals surface area contributed by atoms with Gasteiger partial charge in [-0.25, -0.2) is 0 Å². The Morgan fingerprint density at radius 2 is 1.44 bits per heavy atom. The lowest BCUT2D eigenvalue weighted by molar-refractivity contribution is -0.399. The number of carbonyl (C=O) groups is 2. The normalized spacial score (nSPS) is 18.2. The molecular formula is C35H29N2O2+. The third-order valence-corrected chi connectivity index (χ3v) is 8.73. The van der Waals surface area contributed by atoms with Crippen molar-refractivity contribution in [2.24, 2.45) is 7.05 Å². The van der Waals surface area contributed by atoms with Crippen LogP contribution in [0.3, 0.4) is 0 Å². The summed E-state index contributed by atoms with van der Waals surface area (Å²) in [6.45, 7) is 4.33. The number of allylic oxidation sites excluding steroid dienone is 2. The number of carbonyl (C=O) groups excluding carboxylic acids is 2. The predicted octanol–water partition coefficient (Wildman–Crippen LogP) is 6.87. The van der Waals surface area contributed by atoms with Crippen molar-refractivity contribution in [2.75, 3.05) is 7.05 Å². The standard InChI is InChI=1S/C35H29N2O2/c1-35(2)26-19-18-21-12-8-9-15-23(21)32(26)37(4)28(35)20-25-33(38)30(34(25)39)29-24-16-10-11-17-27(24)36(3)31(29)22-13-6-5-7-14-22/h5-20,30H,1-4H3/q+1. The summed E-state index contributed by atoms with van der Waals surface area (Å²) in [5.41, 5.74) is 6.99. The summed E-state index contributed by atoms with van der Waals surface area (Å²) in [5.74, 6) is -1.01. The Morgan fingerprint density at radius 1 is 0.795 bits per heavy atom. The van der Waals surface area contributed by atoms with Crippen molar-refractivity contribution in [3.8, 4) is 11.3 Å². The number of aromatic nitrogens is 1. The van der Waals surface area contributed by atoms with Crippen LogP contribution in [0.25, 0.3) is 32.9 Å². The molecule has 0 radical (unpaired) electrons. The zero-order chi connectivity index (χ0) is 27.1. The Labute approximate surface area is 227 Å². The zero-order valence-electron chi connectivity index (χ0n) is 22.5. The van der Waals surface area contributed by atoms with Crippen LogP contribution in [0.5, 0.6) is 0 Å². The van der Waals surface area contributed by atoms with Gasteiger partial charge in [0.05, 0.1) is 22.1 Å². The molecule has 1 saturated carbocycles. The van der Waals surface area contributed by atoms with Gasteiger partial charge in [-0.15, -0.1) is 0 Å². The second-order valence-electron chi connectivity index (χ2n) is 11.2. The van der Waals surface area contributed by atoms with Crippen LogP contribution in [0.2, 0.25) is 0 Å². The Kier molecular flexibility index (Phi) is 4.96. The Bertz CT molecular complexity index is 1920. The van der Waals surface area contributed by atoms with Crippen LogP contribution in [0, 0.1) is 0 Å². The van der Waals surface area contributed by atoms with E-state index in [-0.39, 0.29) is 17.0 Å². The van der Waals surface area contributed by atoms with Crippen molar-refractivity contribution >= 4 is 44.6 Å². The van der Waals surface area contributed by atoms with Gasteiger partial charge in [0.15, 0.2) is 17.3 Å². The highest BCUT2D eigenvalue weighted by Crippen LogP contribution is 2.47. The zero-order valence-corrected chi connectivity index (χ0v) is 22.5. The van der Waals surface area contributed by atoms with Crippen molar-refractivity contribution in [3.63, 3.8) is 0 Å². The molecule has 0 amide bonds. The topological polar surface area (TPSA) is 42.1 Å². The SMILES string of the molecule is Cn1c(-c2ccccc2)c(C2C(=O)C(=CC3=[N+](C)c4c(ccc5ccccc45)C3(C)C)C2=O)c2ccccc21. The number of hydrogen-bond acceptors (Lipinski definition) is 2. The van der Waals surface area contributed by atoms with Gasteiger partial charge in [-0.3, -0.25) is 9.59 Å². The molecular weight excluding hydrogens is 480 g/mol. The van der Waals surface area contributed by atoms with Crippen molar-refractivity contribution in [1.82, 2.24) is 4.57 Å². The first kappa shape index (κ1) is 23.5. The Morgan fingerprint density at radius 3 is 2.18 bits per heavy atom. The van der Waals surface area contributed by atoms with Gasteiger partial charge < -0.3 is 4.57 Å². The number of hydrogen-bond donors (Lipinski definition) is 0. The van der Waals surface area contributed by atoms with Gasteiger partial charge in [-0.2, -0.15) is 4.58 Å². The largest absolute Gasteiger partial charge is 0.343 e. The summed E-state index contributed by atoms with van der Waals surface area (Å²) in [6.07, 6.45) is 1.85. The number of ketones is 2. The van der Waals surface area contributed by atoms with Crippen LogP contribution in [0.1, 0.15) is 30.9 Å². The van der Waals surface area contributed by atoms with E-state index >= 15 is 0 Å². The molecule has 4 heteroatoms. The first-order valence-electron chi connectivity index (χ1n) is 13.4. The van der Waals surface area contributed by atoms with E-state index in [1.54, 1.807) is 0 Å². The molecule has 4 nitrogen and oxygen atoms in total. The molecule has 0 saturated heterocycles. The average Bonchev–Trinajstić information content (AvgIpc) is 3.34. The van der Waals surface area contributed by atoms with Gasteiger partial charge in [0.2, 0.25) is 5.69 Å². The van der Waals surface area contributed by atoms with E-state index in [0.717, 1.165) is 39.1 Å². The third-order valence-electron chi connectivity index (χ3n) is 8.73. The van der Waals surface area contributed by atoms with Crippen LogP contribution in [-0.4, -0.2) is 33.5 Å². The number of rotatable bonds is 3. The van der Waals surface area contributed by atoms with Crippen molar-refractivity contribution < 1.29 is 14.2 Å². The van der Waals surface area contributed by atoms with E-state index in [2.05, 4.69) is 53.3 Å². The second-order valence-corrected chi connectivity index (χ2v) is 11.2. The molecule has 1 aromatic heterocycles. The fraction of sp³-hybridized carbons (Fsp3) is 0.171. The first-order valence-corrected chi connectivity index (χ1v) is 13.4. The molecule has 2 heterocycles. The summed E-state index contributed by atoms with van der Waals surface area (Å²) < 4.78 is 4.26. The lowest BCUT2D eigenvalue weighted by Crippen LogP contribution is -2.40. The lowest BCUT2D eigenvalue weighted by Gasteiger charge is -2.27. The summed E-state index contributed by atoms with van der Waals surface area (Å²) in [4.78, 5) is 27.7. The van der Waals surface area contributed by atoms with Crippen LogP contribution in [0.15, 0.2) is 103 Å². The highest BCUT2D eigenvalue weighted by atomic mass is 16.2. The van der Waals surface area contributed by atoms with Crippen molar-refractivity contribution in [1.29, 1.82) is 0 Å². The average molecular weight is 510 g/mol. The molecule has 0 unspecified atom stereocenters. The fourth-order valence-electron chi connectivity index (χ4n) is 6.75. The van der Waals surface area contributed by atoms with Crippen LogP contribution in [-0.2, 0) is 22.1 Å². The molecule has 5 aromatic rings. The monoisotopic (exact) mass is 509 g/mol. The molecule has 2 aliphatic rings. The number of aryl methyl sites for hydroxylation is 1. The second kappa shape index (κ2) is 8.21. The predicted molar refractivity (Wildman–Crippen MR) is 157 cm³/mol. The molecule has 0 spiro atoms. The quantitative estimate of drug-likeness (QED) is 0.115. The number of Topliss-reactive ketones (excluding diaryl/α,β-unsaturated/α-hetero) is 2. The van der Waals surface area contributed by atoms with E-state index in [1.165, 1.54) is 16.3 Å². The number of nitrogens with zero attached hydrogens (tertiary/aromatic N) is 2. The first-order chi connectivity index (χ1) is 18.8.